The van der Waals surface area contributed by atoms with E-state index >= 15 is 0 Å². The monoisotopic (exact) mass is 105 g/mol. The predicted octanol–water partition coefficient (Wildman–Crippen LogP) is -2.45. The number of aliphatic hydroxyl groups is 1. The van der Waals surface area contributed by atoms with Crippen molar-refractivity contribution in [2.45, 2.75) is 12.3 Å². The summed E-state index contributed by atoms with van der Waals surface area (Å²) in [5.41, 5.74) is 15.0. The minimum absolute atomic E-state index is 0.123. The summed E-state index contributed by atoms with van der Waals surface area (Å²) in [5, 5.41) is 8.56. The van der Waals surface area contributed by atoms with Crippen molar-refractivity contribution in [1.82, 2.24) is 0 Å². The van der Waals surface area contributed by atoms with Crippen molar-refractivity contribution < 1.29 is 5.11 Å². The Kier molecular flexibility index (Phi) is 2.86. The molecule has 0 aliphatic carbocycles. The summed E-state index contributed by atoms with van der Waals surface area (Å²) in [6.45, 7) is 0.123. The molecular formula is C3H11N3O. The molecule has 0 aliphatic rings. The number of hydrogen-bond acceptors (Lipinski definition) is 4. The van der Waals surface area contributed by atoms with E-state index < -0.39 is 12.3 Å². The molecule has 0 aromatic carbocycles. The van der Waals surface area contributed by atoms with Crippen molar-refractivity contribution in [3.8, 4) is 0 Å². The number of rotatable bonds is 2. The Hall–Kier alpha value is -0.160. The Labute approximate surface area is 42.3 Å². The fraction of sp³-hybridized carbons (Fsp3) is 1.00. The van der Waals surface area contributed by atoms with Gasteiger partial charge >= 0.3 is 0 Å². The molecule has 0 bridgehead atoms. The van der Waals surface area contributed by atoms with Crippen LogP contribution < -0.4 is 17.2 Å². The third kappa shape index (κ3) is 2.52. The average molecular weight is 105 g/mol. The molecule has 0 saturated heterocycles. The average Bonchev–Trinajstić information content (AvgIpc) is 1.65. The standard InChI is InChI=1S/C3H11N3O/c4-1-2(7)3(5)6/h2-3,7H,1,4-6H2. The van der Waals surface area contributed by atoms with Gasteiger partial charge in [0.15, 0.2) is 0 Å². The molecule has 1 unspecified atom stereocenters. The van der Waals surface area contributed by atoms with Gasteiger partial charge in [0.05, 0.1) is 12.3 Å². The van der Waals surface area contributed by atoms with Crippen LogP contribution in [0.15, 0.2) is 0 Å². The van der Waals surface area contributed by atoms with Gasteiger partial charge in [-0.1, -0.05) is 0 Å². The van der Waals surface area contributed by atoms with E-state index in [0.717, 1.165) is 0 Å². The van der Waals surface area contributed by atoms with Crippen LogP contribution in [0.2, 0.25) is 0 Å². The van der Waals surface area contributed by atoms with E-state index in [9.17, 15) is 0 Å². The van der Waals surface area contributed by atoms with Crippen molar-refractivity contribution >= 4 is 0 Å². The van der Waals surface area contributed by atoms with Crippen LogP contribution in [0.1, 0.15) is 0 Å². The Bertz CT molecular complexity index is 47.4. The summed E-state index contributed by atoms with van der Waals surface area (Å²) in [7, 11) is 0. The fourth-order valence-corrected chi connectivity index (χ4v) is 0.157. The van der Waals surface area contributed by atoms with Crippen LogP contribution in [0.5, 0.6) is 0 Å². The van der Waals surface area contributed by atoms with Gasteiger partial charge < -0.3 is 22.3 Å². The first-order valence-electron chi connectivity index (χ1n) is 2.07. The molecule has 4 nitrogen and oxygen atoms in total. The molecule has 4 heteroatoms. The van der Waals surface area contributed by atoms with Gasteiger partial charge in [-0.2, -0.15) is 0 Å². The SMILES string of the molecule is NCC(O)C(N)N. The summed E-state index contributed by atoms with van der Waals surface area (Å²) in [6.07, 6.45) is -1.47. The van der Waals surface area contributed by atoms with Crippen LogP contribution in [0.3, 0.4) is 0 Å². The second-order valence-corrected chi connectivity index (χ2v) is 1.38. The van der Waals surface area contributed by atoms with Crippen LogP contribution in [0, 0.1) is 0 Å². The van der Waals surface area contributed by atoms with Gasteiger partial charge in [-0.3, -0.25) is 0 Å². The molecule has 0 aromatic heterocycles. The van der Waals surface area contributed by atoms with Crippen LogP contribution in [0.4, 0.5) is 0 Å². The van der Waals surface area contributed by atoms with Gasteiger partial charge in [-0.05, 0) is 0 Å². The number of aliphatic hydroxyl groups excluding tert-OH is 1. The lowest BCUT2D eigenvalue weighted by Crippen LogP contribution is -2.46. The molecule has 44 valence electrons. The molecule has 7 N–H and O–H groups in total. The van der Waals surface area contributed by atoms with Gasteiger partial charge in [-0.25, -0.2) is 0 Å². The molecule has 0 saturated carbocycles. The van der Waals surface area contributed by atoms with Crippen LogP contribution in [-0.2, 0) is 0 Å². The molecule has 0 radical (unpaired) electrons. The van der Waals surface area contributed by atoms with Crippen LogP contribution >= 0.6 is 0 Å². The molecule has 0 amide bonds. The minimum Gasteiger partial charge on any atom is -0.389 e. The highest BCUT2D eigenvalue weighted by Gasteiger charge is 2.04. The Balaban J connectivity index is 3.14. The molecule has 0 aliphatic heterocycles. The summed E-state index contributed by atoms with van der Waals surface area (Å²) in [6, 6.07) is 0. The van der Waals surface area contributed by atoms with Gasteiger partial charge in [0.1, 0.15) is 0 Å². The van der Waals surface area contributed by atoms with Gasteiger partial charge in [0.25, 0.3) is 0 Å². The zero-order valence-electron chi connectivity index (χ0n) is 4.04. The maximum atomic E-state index is 8.56. The molecule has 0 rings (SSSR count). The Morgan fingerprint density at radius 3 is 1.86 bits per heavy atom. The molecule has 0 fully saturated rings. The van der Waals surface area contributed by atoms with Gasteiger partial charge in [0.2, 0.25) is 0 Å². The van der Waals surface area contributed by atoms with Crippen LogP contribution in [-0.4, -0.2) is 23.9 Å². The topological polar surface area (TPSA) is 98.3 Å². The Morgan fingerprint density at radius 2 is 1.86 bits per heavy atom. The summed E-state index contributed by atoms with van der Waals surface area (Å²) < 4.78 is 0. The van der Waals surface area contributed by atoms with Crippen molar-refractivity contribution in [2.75, 3.05) is 6.54 Å². The van der Waals surface area contributed by atoms with E-state index in [1.54, 1.807) is 0 Å². The third-order valence-corrected chi connectivity index (χ3v) is 0.686. The molecule has 7 heavy (non-hydrogen) atoms. The zero-order chi connectivity index (χ0) is 5.86. The van der Waals surface area contributed by atoms with Crippen molar-refractivity contribution in [1.29, 1.82) is 0 Å². The first-order chi connectivity index (χ1) is 3.18. The highest BCUT2D eigenvalue weighted by Crippen LogP contribution is 1.74. The van der Waals surface area contributed by atoms with Gasteiger partial charge in [0, 0.05) is 6.54 Å². The van der Waals surface area contributed by atoms with E-state index in [-0.39, 0.29) is 6.54 Å². The summed E-state index contributed by atoms with van der Waals surface area (Å²) in [4.78, 5) is 0. The maximum Gasteiger partial charge on any atom is 0.0942 e. The second-order valence-electron chi connectivity index (χ2n) is 1.38. The molecular weight excluding hydrogens is 94.1 g/mol. The summed E-state index contributed by atoms with van der Waals surface area (Å²) in [5.74, 6) is 0. The minimum atomic E-state index is -0.764. The largest absolute Gasteiger partial charge is 0.389 e. The van der Waals surface area contributed by atoms with Crippen molar-refractivity contribution in [3.05, 3.63) is 0 Å². The summed E-state index contributed by atoms with van der Waals surface area (Å²) >= 11 is 0. The highest BCUT2D eigenvalue weighted by molar-refractivity contribution is 4.63. The van der Waals surface area contributed by atoms with Gasteiger partial charge in [-0.15, -0.1) is 0 Å². The lowest BCUT2D eigenvalue weighted by molar-refractivity contribution is 0.154. The molecule has 0 spiro atoms. The van der Waals surface area contributed by atoms with E-state index in [1.807, 2.05) is 0 Å². The van der Waals surface area contributed by atoms with E-state index in [0.29, 0.717) is 0 Å². The number of hydrogen-bond donors (Lipinski definition) is 4. The predicted molar refractivity (Wildman–Crippen MR) is 27.2 cm³/mol. The first kappa shape index (κ1) is 6.84. The zero-order valence-corrected chi connectivity index (χ0v) is 4.04. The quantitative estimate of drug-likeness (QED) is 0.293. The smallest absolute Gasteiger partial charge is 0.0942 e. The third-order valence-electron chi connectivity index (χ3n) is 0.686. The fourth-order valence-electron chi connectivity index (χ4n) is 0.157. The van der Waals surface area contributed by atoms with E-state index in [1.165, 1.54) is 0 Å². The lowest BCUT2D eigenvalue weighted by atomic mass is 10.3. The van der Waals surface area contributed by atoms with Crippen LogP contribution in [0.25, 0.3) is 0 Å². The molecule has 0 heterocycles. The maximum absolute atomic E-state index is 8.56. The Morgan fingerprint density at radius 1 is 1.43 bits per heavy atom. The molecule has 1 atom stereocenters. The first-order valence-corrected chi connectivity index (χ1v) is 2.07. The number of nitrogens with two attached hydrogens (primary N) is 3. The normalized spacial score (nSPS) is 15.0. The molecule has 0 aromatic rings. The van der Waals surface area contributed by atoms with Crippen molar-refractivity contribution in [3.63, 3.8) is 0 Å². The van der Waals surface area contributed by atoms with E-state index in [4.69, 9.17) is 22.3 Å². The van der Waals surface area contributed by atoms with Crippen molar-refractivity contribution in [2.24, 2.45) is 17.2 Å². The highest BCUT2D eigenvalue weighted by atomic mass is 16.3. The van der Waals surface area contributed by atoms with E-state index in [2.05, 4.69) is 0 Å². The lowest BCUT2D eigenvalue weighted by Gasteiger charge is -2.09. The second kappa shape index (κ2) is 2.92.